The molecular formula is C21H22ClN5O3S. The average Bonchev–Trinajstić information content (AvgIpc) is 3.23. The third kappa shape index (κ3) is 4.79. The standard InChI is InChI=1S/C21H22ClN5O3S/c1-14(23-19(29)16-4-2-3-5-17(16)22)20(30)26-8-6-25(7-9-26)13-15-12-18(28)27-10-11-31-21(27)24-15/h2-5,10-12,14H,6-9,13H2,1H3,(H,23,29)/t14-/m0/s1. The summed E-state index contributed by atoms with van der Waals surface area (Å²) >= 11 is 7.49. The SMILES string of the molecule is C[C@H](NC(=O)c1ccccc1Cl)C(=O)N1CCN(Cc2cc(=O)n3ccsc3n2)CC1. The van der Waals surface area contributed by atoms with Gasteiger partial charge in [-0.15, -0.1) is 11.3 Å². The summed E-state index contributed by atoms with van der Waals surface area (Å²) in [7, 11) is 0. The molecule has 1 N–H and O–H groups in total. The first-order valence-electron chi connectivity index (χ1n) is 9.94. The molecular weight excluding hydrogens is 438 g/mol. The van der Waals surface area contributed by atoms with Crippen LogP contribution in [-0.2, 0) is 11.3 Å². The van der Waals surface area contributed by atoms with E-state index < -0.39 is 6.04 Å². The topological polar surface area (TPSA) is 87.0 Å². The Labute approximate surface area is 188 Å². The lowest BCUT2D eigenvalue weighted by Crippen LogP contribution is -2.54. The fourth-order valence-corrected chi connectivity index (χ4v) is 4.54. The number of amides is 2. The molecule has 0 unspecified atom stereocenters. The molecule has 4 rings (SSSR count). The van der Waals surface area contributed by atoms with Crippen LogP contribution in [0.1, 0.15) is 23.0 Å². The zero-order valence-corrected chi connectivity index (χ0v) is 18.5. The van der Waals surface area contributed by atoms with Crippen molar-refractivity contribution in [1.82, 2.24) is 24.5 Å². The summed E-state index contributed by atoms with van der Waals surface area (Å²) in [5, 5.41) is 4.92. The number of hydrogen-bond donors (Lipinski definition) is 1. The van der Waals surface area contributed by atoms with Gasteiger partial charge in [0.1, 0.15) is 6.04 Å². The van der Waals surface area contributed by atoms with Crippen molar-refractivity contribution in [2.45, 2.75) is 19.5 Å². The highest BCUT2D eigenvalue weighted by Gasteiger charge is 2.26. The maximum absolute atomic E-state index is 12.8. The fourth-order valence-electron chi connectivity index (χ4n) is 3.58. The molecule has 0 spiro atoms. The first kappa shape index (κ1) is 21.5. The van der Waals surface area contributed by atoms with Gasteiger partial charge in [-0.25, -0.2) is 4.98 Å². The number of halogens is 1. The fraction of sp³-hybridized carbons (Fsp3) is 0.333. The number of rotatable bonds is 5. The van der Waals surface area contributed by atoms with Crippen LogP contribution in [-0.4, -0.2) is 63.2 Å². The van der Waals surface area contributed by atoms with Gasteiger partial charge >= 0.3 is 0 Å². The molecule has 1 fully saturated rings. The lowest BCUT2D eigenvalue weighted by atomic mass is 10.2. The molecule has 10 heteroatoms. The Morgan fingerprint density at radius 2 is 1.97 bits per heavy atom. The number of nitrogens with one attached hydrogen (secondary N) is 1. The van der Waals surface area contributed by atoms with E-state index in [1.165, 1.54) is 15.7 Å². The van der Waals surface area contributed by atoms with Gasteiger partial charge in [-0.3, -0.25) is 23.7 Å². The lowest BCUT2D eigenvalue weighted by Gasteiger charge is -2.35. The predicted octanol–water partition coefficient (Wildman–Crippen LogP) is 1.87. The summed E-state index contributed by atoms with van der Waals surface area (Å²) in [5.74, 6) is -0.497. The number of carbonyl (C=O) groups excluding carboxylic acids is 2. The van der Waals surface area contributed by atoms with E-state index >= 15 is 0 Å². The molecule has 2 aromatic heterocycles. The van der Waals surface area contributed by atoms with Crippen molar-refractivity contribution in [2.75, 3.05) is 26.2 Å². The molecule has 0 radical (unpaired) electrons. The minimum absolute atomic E-state index is 0.0850. The summed E-state index contributed by atoms with van der Waals surface area (Å²) in [6.07, 6.45) is 1.72. The molecule has 1 aromatic carbocycles. The first-order valence-corrected chi connectivity index (χ1v) is 11.2. The van der Waals surface area contributed by atoms with E-state index in [9.17, 15) is 14.4 Å². The largest absolute Gasteiger partial charge is 0.340 e. The van der Waals surface area contributed by atoms with E-state index in [2.05, 4.69) is 15.2 Å². The van der Waals surface area contributed by atoms with Gasteiger partial charge in [0.15, 0.2) is 4.96 Å². The molecule has 3 aromatic rings. The Kier molecular flexibility index (Phi) is 6.35. The molecule has 2 amide bonds. The minimum atomic E-state index is -0.654. The third-order valence-corrected chi connectivity index (χ3v) is 6.35. The maximum Gasteiger partial charge on any atom is 0.258 e. The zero-order chi connectivity index (χ0) is 22.0. The Morgan fingerprint density at radius 1 is 1.23 bits per heavy atom. The van der Waals surface area contributed by atoms with Crippen LogP contribution in [0.5, 0.6) is 0 Å². The number of aromatic nitrogens is 2. The number of thiazole rings is 1. The van der Waals surface area contributed by atoms with E-state index in [-0.39, 0.29) is 17.4 Å². The van der Waals surface area contributed by atoms with Gasteiger partial charge in [0.05, 0.1) is 16.3 Å². The summed E-state index contributed by atoms with van der Waals surface area (Å²) in [4.78, 5) is 46.5. The van der Waals surface area contributed by atoms with Gasteiger partial charge in [-0.2, -0.15) is 0 Å². The van der Waals surface area contributed by atoms with Crippen LogP contribution in [0.2, 0.25) is 5.02 Å². The van der Waals surface area contributed by atoms with Crippen LogP contribution < -0.4 is 10.9 Å². The van der Waals surface area contributed by atoms with Crippen LogP contribution in [0.4, 0.5) is 0 Å². The number of hydrogen-bond acceptors (Lipinski definition) is 6. The molecule has 3 heterocycles. The maximum atomic E-state index is 12.8. The molecule has 1 aliphatic rings. The molecule has 31 heavy (non-hydrogen) atoms. The van der Waals surface area contributed by atoms with Crippen molar-refractivity contribution in [3.8, 4) is 0 Å². The van der Waals surface area contributed by atoms with Crippen molar-refractivity contribution < 1.29 is 9.59 Å². The van der Waals surface area contributed by atoms with Crippen molar-refractivity contribution in [2.24, 2.45) is 0 Å². The van der Waals surface area contributed by atoms with Crippen LogP contribution in [0.25, 0.3) is 4.96 Å². The summed E-state index contributed by atoms with van der Waals surface area (Å²) in [6, 6.07) is 7.65. The van der Waals surface area contributed by atoms with Gasteiger partial charge in [0.25, 0.3) is 11.5 Å². The average molecular weight is 460 g/mol. The number of nitrogens with zero attached hydrogens (tertiary/aromatic N) is 4. The molecule has 1 atom stereocenters. The summed E-state index contributed by atoms with van der Waals surface area (Å²) in [6.45, 7) is 4.67. The molecule has 1 saturated heterocycles. The van der Waals surface area contributed by atoms with Crippen LogP contribution in [0.3, 0.4) is 0 Å². The van der Waals surface area contributed by atoms with Crippen molar-refractivity contribution in [3.05, 3.63) is 68.5 Å². The Hall–Kier alpha value is -2.75. The smallest absolute Gasteiger partial charge is 0.258 e. The van der Waals surface area contributed by atoms with Crippen LogP contribution in [0.15, 0.2) is 46.7 Å². The van der Waals surface area contributed by atoms with Crippen molar-refractivity contribution in [3.63, 3.8) is 0 Å². The predicted molar refractivity (Wildman–Crippen MR) is 120 cm³/mol. The zero-order valence-electron chi connectivity index (χ0n) is 17.0. The normalized spacial score (nSPS) is 15.7. The van der Waals surface area contributed by atoms with E-state index in [0.717, 1.165) is 5.69 Å². The molecule has 0 bridgehead atoms. The van der Waals surface area contributed by atoms with Gasteiger partial charge < -0.3 is 10.2 Å². The number of benzene rings is 1. The van der Waals surface area contributed by atoms with E-state index in [1.54, 1.807) is 48.4 Å². The highest BCUT2D eigenvalue weighted by molar-refractivity contribution is 7.15. The Morgan fingerprint density at radius 3 is 2.71 bits per heavy atom. The molecule has 0 saturated carbocycles. The Bertz CT molecular complexity index is 1170. The third-order valence-electron chi connectivity index (χ3n) is 5.26. The second kappa shape index (κ2) is 9.17. The van der Waals surface area contributed by atoms with Gasteiger partial charge in [-0.1, -0.05) is 23.7 Å². The lowest BCUT2D eigenvalue weighted by molar-refractivity contribution is -0.134. The second-order valence-electron chi connectivity index (χ2n) is 7.42. The minimum Gasteiger partial charge on any atom is -0.340 e. The highest BCUT2D eigenvalue weighted by atomic mass is 35.5. The molecule has 8 nitrogen and oxygen atoms in total. The highest BCUT2D eigenvalue weighted by Crippen LogP contribution is 2.15. The van der Waals surface area contributed by atoms with Crippen LogP contribution in [0, 0.1) is 0 Å². The molecule has 162 valence electrons. The Balaban J connectivity index is 1.31. The van der Waals surface area contributed by atoms with Gasteiger partial charge in [0.2, 0.25) is 5.91 Å². The summed E-state index contributed by atoms with van der Waals surface area (Å²) in [5.41, 5.74) is 0.991. The van der Waals surface area contributed by atoms with Crippen molar-refractivity contribution in [1.29, 1.82) is 0 Å². The first-order chi connectivity index (χ1) is 14.9. The summed E-state index contributed by atoms with van der Waals surface area (Å²) < 4.78 is 1.53. The number of carbonyl (C=O) groups is 2. The van der Waals surface area contributed by atoms with Gasteiger partial charge in [0, 0.05) is 50.4 Å². The number of piperazine rings is 1. The van der Waals surface area contributed by atoms with E-state index in [1.807, 2.05) is 5.38 Å². The number of fused-ring (bicyclic) bond motifs is 1. The molecule has 0 aliphatic carbocycles. The quantitative estimate of drug-likeness (QED) is 0.629. The van der Waals surface area contributed by atoms with E-state index in [4.69, 9.17) is 11.6 Å². The molecule has 1 aliphatic heterocycles. The van der Waals surface area contributed by atoms with E-state index in [0.29, 0.717) is 48.3 Å². The monoisotopic (exact) mass is 459 g/mol. The van der Waals surface area contributed by atoms with Gasteiger partial charge in [-0.05, 0) is 19.1 Å². The van der Waals surface area contributed by atoms with Crippen LogP contribution >= 0.6 is 22.9 Å². The van der Waals surface area contributed by atoms with Crippen molar-refractivity contribution >= 4 is 39.7 Å². The second-order valence-corrected chi connectivity index (χ2v) is 8.70.